The largest absolute Gasteiger partial charge is 0.481 e. The van der Waals surface area contributed by atoms with Gasteiger partial charge in [0.25, 0.3) is 5.89 Å². The molecule has 4 heterocycles. The first-order valence-corrected chi connectivity index (χ1v) is 12.4. The van der Waals surface area contributed by atoms with Crippen LogP contribution in [0.15, 0.2) is 53.3 Å². The Morgan fingerprint density at radius 1 is 1.15 bits per heavy atom. The summed E-state index contributed by atoms with van der Waals surface area (Å²) in [4.78, 5) is 20.9. The van der Waals surface area contributed by atoms with Crippen LogP contribution in [-0.2, 0) is 11.0 Å². The number of carbonyl (C=O) groups is 1. The van der Waals surface area contributed by atoms with Crippen molar-refractivity contribution in [2.75, 3.05) is 19.6 Å². The third-order valence-electron chi connectivity index (χ3n) is 6.67. The lowest BCUT2D eigenvalue weighted by Gasteiger charge is -2.33. The Kier molecular flexibility index (Phi) is 7.63. The lowest BCUT2D eigenvalue weighted by molar-refractivity contribution is -0.142. The first-order chi connectivity index (χ1) is 19.1. The molecule has 2 atom stereocenters. The summed E-state index contributed by atoms with van der Waals surface area (Å²) in [6.45, 7) is 1.71. The van der Waals surface area contributed by atoms with Crippen molar-refractivity contribution in [2.45, 2.75) is 31.5 Å². The van der Waals surface area contributed by atoms with Gasteiger partial charge >= 0.3 is 12.1 Å². The fraction of sp³-hybridized carbons (Fsp3) is 0.346. The monoisotopic (exact) mass is 560 g/mol. The molecule has 1 aromatic carbocycles. The second-order valence-corrected chi connectivity index (χ2v) is 9.58. The van der Waals surface area contributed by atoms with Crippen molar-refractivity contribution in [1.29, 1.82) is 0 Å². The third kappa shape index (κ3) is 6.02. The van der Waals surface area contributed by atoms with Crippen LogP contribution in [0.2, 0.25) is 0 Å². The Bertz CT molecular complexity index is 1470. The second-order valence-electron chi connectivity index (χ2n) is 9.58. The lowest BCUT2D eigenvalue weighted by Crippen LogP contribution is -2.38. The van der Waals surface area contributed by atoms with Gasteiger partial charge in [0, 0.05) is 25.1 Å². The highest BCUT2D eigenvalue weighted by molar-refractivity contribution is 5.67. The highest BCUT2D eigenvalue weighted by Gasteiger charge is 2.41. The molecule has 5 rings (SSSR count). The zero-order chi connectivity index (χ0) is 28.4. The van der Waals surface area contributed by atoms with Crippen molar-refractivity contribution in [1.82, 2.24) is 29.8 Å². The smallest absolute Gasteiger partial charge is 0.434 e. The third-order valence-corrected chi connectivity index (χ3v) is 6.67. The number of nitrogens with zero attached hydrogens (tertiary/aromatic N) is 6. The molecule has 0 spiro atoms. The average Bonchev–Trinajstić information content (AvgIpc) is 3.57. The molecule has 3 aromatic heterocycles. The highest BCUT2D eigenvalue weighted by Crippen LogP contribution is 2.38. The van der Waals surface area contributed by atoms with Crippen LogP contribution in [0.4, 0.5) is 17.6 Å². The number of β-amino-alcohol motifs (C(OH)–C–C–N with tert-alkyl or cyclic N) is 1. The van der Waals surface area contributed by atoms with E-state index in [9.17, 15) is 27.5 Å². The summed E-state index contributed by atoms with van der Waals surface area (Å²) in [5.41, 5.74) is -0.609. The van der Waals surface area contributed by atoms with E-state index in [1.165, 1.54) is 0 Å². The van der Waals surface area contributed by atoms with Crippen LogP contribution in [-0.4, -0.2) is 65.6 Å². The molecule has 1 fully saturated rings. The van der Waals surface area contributed by atoms with Gasteiger partial charge in [-0.15, -0.1) is 0 Å². The number of aliphatic hydroxyl groups is 1. The maximum Gasteiger partial charge on any atom is 0.434 e. The van der Waals surface area contributed by atoms with Gasteiger partial charge in [0.05, 0.1) is 24.1 Å². The number of likely N-dealkylation sites (tertiary alicyclic amines) is 1. The van der Waals surface area contributed by atoms with Gasteiger partial charge < -0.3 is 19.6 Å². The molecule has 40 heavy (non-hydrogen) atoms. The first kappa shape index (κ1) is 27.4. The number of aromatic nitrogens is 5. The van der Waals surface area contributed by atoms with Gasteiger partial charge in [-0.1, -0.05) is 29.4 Å². The van der Waals surface area contributed by atoms with E-state index in [1.54, 1.807) is 24.3 Å². The van der Waals surface area contributed by atoms with Gasteiger partial charge in [-0.2, -0.15) is 23.3 Å². The van der Waals surface area contributed by atoms with Crippen molar-refractivity contribution >= 4 is 5.97 Å². The van der Waals surface area contributed by atoms with Crippen LogP contribution in [0.1, 0.15) is 36.6 Å². The van der Waals surface area contributed by atoms with E-state index in [0.29, 0.717) is 28.9 Å². The second kappa shape index (κ2) is 11.1. The summed E-state index contributed by atoms with van der Waals surface area (Å²) in [6, 6.07) is 8.59. The van der Waals surface area contributed by atoms with Crippen molar-refractivity contribution in [3.8, 4) is 28.7 Å². The molecule has 10 nitrogen and oxygen atoms in total. The number of piperidine rings is 1. The minimum Gasteiger partial charge on any atom is -0.481 e. The number of rotatable bonds is 8. The molecule has 1 saturated heterocycles. The first-order valence-electron chi connectivity index (χ1n) is 12.4. The average molecular weight is 561 g/mol. The minimum atomic E-state index is -4.86. The van der Waals surface area contributed by atoms with E-state index >= 15 is 0 Å². The number of carboxylic acid groups (broad SMARTS) is 1. The van der Waals surface area contributed by atoms with Crippen LogP contribution in [0, 0.1) is 11.7 Å². The fourth-order valence-corrected chi connectivity index (χ4v) is 4.83. The van der Waals surface area contributed by atoms with Crippen molar-refractivity contribution in [3.05, 3.63) is 65.9 Å². The van der Waals surface area contributed by atoms with E-state index in [0.717, 1.165) is 43.9 Å². The summed E-state index contributed by atoms with van der Waals surface area (Å²) < 4.78 is 60.8. The van der Waals surface area contributed by atoms with Crippen molar-refractivity contribution in [2.24, 2.45) is 5.92 Å². The Hall–Kier alpha value is -4.17. The molecule has 0 bridgehead atoms. The lowest BCUT2D eigenvalue weighted by atomic mass is 9.94. The molecule has 210 valence electrons. The molecule has 0 amide bonds. The van der Waals surface area contributed by atoms with Gasteiger partial charge in [-0.3, -0.25) is 4.79 Å². The summed E-state index contributed by atoms with van der Waals surface area (Å²) in [5.74, 6) is -2.12. The number of alkyl halides is 3. The van der Waals surface area contributed by atoms with E-state index in [-0.39, 0.29) is 24.0 Å². The maximum atomic E-state index is 14.0. The van der Waals surface area contributed by atoms with E-state index in [1.807, 2.05) is 4.90 Å². The summed E-state index contributed by atoms with van der Waals surface area (Å²) in [6.07, 6.45) is -2.18. The van der Waals surface area contributed by atoms with Crippen LogP contribution in [0.25, 0.3) is 28.7 Å². The Morgan fingerprint density at radius 3 is 2.60 bits per heavy atom. The number of benzene rings is 1. The Morgan fingerprint density at radius 2 is 1.93 bits per heavy atom. The number of pyridine rings is 1. The molecular weight excluding hydrogens is 536 g/mol. The summed E-state index contributed by atoms with van der Waals surface area (Å²) >= 11 is 0. The quantitative estimate of drug-likeness (QED) is 0.302. The molecular formula is C26H24F4N6O4. The van der Waals surface area contributed by atoms with Crippen LogP contribution >= 0.6 is 0 Å². The van der Waals surface area contributed by atoms with Gasteiger partial charge in [0.2, 0.25) is 5.82 Å². The van der Waals surface area contributed by atoms with Gasteiger partial charge in [0.15, 0.2) is 11.5 Å². The molecule has 4 aromatic rings. The van der Waals surface area contributed by atoms with Gasteiger partial charge in [0.1, 0.15) is 5.82 Å². The Balaban J connectivity index is 1.32. The van der Waals surface area contributed by atoms with Crippen LogP contribution < -0.4 is 0 Å². The zero-order valence-electron chi connectivity index (χ0n) is 20.9. The van der Waals surface area contributed by atoms with E-state index in [4.69, 9.17) is 9.63 Å². The zero-order valence-corrected chi connectivity index (χ0v) is 20.9. The maximum absolute atomic E-state index is 14.0. The van der Waals surface area contributed by atoms with Crippen molar-refractivity contribution < 1.29 is 37.1 Å². The Labute approximate surface area is 224 Å². The molecule has 2 N–H and O–H groups in total. The minimum absolute atomic E-state index is 0.0318. The van der Waals surface area contributed by atoms with Crippen LogP contribution in [0.3, 0.4) is 0 Å². The van der Waals surface area contributed by atoms with E-state index < -0.39 is 41.2 Å². The van der Waals surface area contributed by atoms with Crippen molar-refractivity contribution in [3.63, 3.8) is 0 Å². The number of hydrogen-bond acceptors (Lipinski definition) is 8. The normalized spacial score (nSPS) is 17.2. The number of aliphatic carboxylic acids is 1. The number of aliphatic hydroxyl groups excluding tert-OH is 1. The molecule has 0 unspecified atom stereocenters. The fourth-order valence-electron chi connectivity index (χ4n) is 4.83. The SMILES string of the molecule is O=C(O)C[C@H]1CCCN(C[C@H](O)c2ccc(-c3noc(-c4cnn(-c5ccc(F)cn5)c4C(F)(F)F)n3)cc2)C1. The number of hydrogen-bond donors (Lipinski definition) is 2. The molecule has 0 saturated carbocycles. The number of carboxylic acids is 1. The predicted octanol–water partition coefficient (Wildman–Crippen LogP) is 4.36. The van der Waals surface area contributed by atoms with Gasteiger partial charge in [-0.25, -0.2) is 14.1 Å². The summed E-state index contributed by atoms with van der Waals surface area (Å²) in [5, 5.41) is 27.3. The van der Waals surface area contributed by atoms with E-state index in [2.05, 4.69) is 20.2 Å². The van der Waals surface area contributed by atoms with Gasteiger partial charge in [-0.05, 0) is 43.0 Å². The molecule has 0 radical (unpaired) electrons. The highest BCUT2D eigenvalue weighted by atomic mass is 19.4. The predicted molar refractivity (Wildman–Crippen MR) is 131 cm³/mol. The molecule has 14 heteroatoms. The molecule has 0 aliphatic carbocycles. The summed E-state index contributed by atoms with van der Waals surface area (Å²) in [7, 11) is 0. The number of halogens is 4. The molecule has 1 aliphatic rings. The molecule has 1 aliphatic heterocycles. The standard InChI is InChI=1S/C26H24F4N6O4/c27-18-7-8-21(31-11-18)36-23(26(28,29)30)19(12-32-36)25-33-24(34-40-25)17-5-3-16(4-6-17)20(37)14-35-9-1-2-15(13-35)10-22(38)39/h3-8,11-12,15,20,37H,1-2,9-10,13-14H2,(H,38,39)/t15-,20+/m1/s1. The topological polar surface area (TPSA) is 130 Å². The van der Waals surface area contributed by atoms with Crippen LogP contribution in [0.5, 0.6) is 0 Å².